The van der Waals surface area contributed by atoms with E-state index < -0.39 is 11.4 Å². The van der Waals surface area contributed by atoms with Crippen LogP contribution in [0, 0.1) is 5.92 Å². The Kier molecular flexibility index (Phi) is 6.92. The summed E-state index contributed by atoms with van der Waals surface area (Å²) in [5.74, 6) is -1.01. The van der Waals surface area contributed by atoms with Gasteiger partial charge in [0.25, 0.3) is 5.91 Å². The molecular formula is C28H25Cl2N3O4. The maximum atomic E-state index is 13.8. The average molecular weight is 538 g/mol. The molecule has 9 heteroatoms. The third-order valence-corrected chi connectivity index (χ3v) is 7.77. The number of rotatable bonds is 5. The zero-order valence-corrected chi connectivity index (χ0v) is 21.7. The number of aromatic nitrogens is 1. The van der Waals surface area contributed by atoms with Crippen molar-refractivity contribution in [1.82, 2.24) is 9.88 Å². The maximum Gasteiger partial charge on any atom is 0.356 e. The third kappa shape index (κ3) is 4.69. The molecule has 0 aliphatic carbocycles. The molecule has 2 aliphatic heterocycles. The summed E-state index contributed by atoms with van der Waals surface area (Å²) < 4.78 is 4.69. The largest absolute Gasteiger partial charge is 0.464 e. The van der Waals surface area contributed by atoms with Crippen LogP contribution in [-0.4, -0.2) is 47.9 Å². The van der Waals surface area contributed by atoms with Gasteiger partial charge in [0.1, 0.15) is 5.69 Å². The average Bonchev–Trinajstić information content (AvgIpc) is 3.18. The molecule has 3 aromatic rings. The lowest BCUT2D eigenvalue weighted by molar-refractivity contribution is -0.123. The van der Waals surface area contributed by atoms with Gasteiger partial charge < -0.3 is 15.0 Å². The van der Waals surface area contributed by atoms with E-state index in [1.165, 1.54) is 19.4 Å². The fourth-order valence-electron chi connectivity index (χ4n) is 5.55. The predicted molar refractivity (Wildman–Crippen MR) is 141 cm³/mol. The number of anilines is 1. The smallest absolute Gasteiger partial charge is 0.356 e. The lowest BCUT2D eigenvalue weighted by atomic mass is 9.65. The fourth-order valence-corrected chi connectivity index (χ4v) is 5.94. The first-order chi connectivity index (χ1) is 17.8. The summed E-state index contributed by atoms with van der Waals surface area (Å²) in [7, 11) is 1.28. The highest BCUT2D eigenvalue weighted by Gasteiger charge is 2.53. The Morgan fingerprint density at radius 2 is 1.95 bits per heavy atom. The first-order valence-corrected chi connectivity index (χ1v) is 12.8. The zero-order valence-electron chi connectivity index (χ0n) is 20.2. The first kappa shape index (κ1) is 25.2. The van der Waals surface area contributed by atoms with Crippen molar-refractivity contribution >= 4 is 46.7 Å². The quantitative estimate of drug-likeness (QED) is 0.454. The van der Waals surface area contributed by atoms with E-state index in [2.05, 4.69) is 15.0 Å². The first-order valence-electron chi connectivity index (χ1n) is 12.0. The number of hydrogen-bond acceptors (Lipinski definition) is 5. The predicted octanol–water partition coefficient (Wildman–Crippen LogP) is 5.16. The maximum absolute atomic E-state index is 13.8. The highest BCUT2D eigenvalue weighted by Crippen LogP contribution is 2.49. The van der Waals surface area contributed by atoms with Crippen molar-refractivity contribution < 1.29 is 19.1 Å². The highest BCUT2D eigenvalue weighted by atomic mass is 35.5. The van der Waals surface area contributed by atoms with Crippen molar-refractivity contribution in [2.75, 3.05) is 25.5 Å². The number of nitrogens with zero attached hydrogens (tertiary/aromatic N) is 2. The lowest BCUT2D eigenvalue weighted by Gasteiger charge is -2.42. The van der Waals surface area contributed by atoms with E-state index >= 15 is 0 Å². The molecule has 2 amide bonds. The summed E-state index contributed by atoms with van der Waals surface area (Å²) >= 11 is 12.5. The molecule has 2 aromatic carbocycles. The number of fused-ring (bicyclic) bond motifs is 1. The van der Waals surface area contributed by atoms with Crippen LogP contribution in [0.2, 0.25) is 10.0 Å². The van der Waals surface area contributed by atoms with Gasteiger partial charge in [-0.3, -0.25) is 9.59 Å². The number of nitrogens with one attached hydrogen (secondary N) is 1. The molecule has 2 aliphatic rings. The Bertz CT molecular complexity index is 1380. The molecule has 1 fully saturated rings. The van der Waals surface area contributed by atoms with Gasteiger partial charge in [0.2, 0.25) is 5.91 Å². The molecule has 3 heterocycles. The molecule has 1 N–H and O–H groups in total. The second-order valence-corrected chi connectivity index (χ2v) is 10.3. The van der Waals surface area contributed by atoms with E-state index in [9.17, 15) is 14.4 Å². The van der Waals surface area contributed by atoms with Crippen LogP contribution < -0.4 is 5.32 Å². The molecule has 7 nitrogen and oxygen atoms in total. The molecule has 2 atom stereocenters. The Morgan fingerprint density at radius 1 is 1.14 bits per heavy atom. The molecule has 190 valence electrons. The molecule has 0 radical (unpaired) electrons. The van der Waals surface area contributed by atoms with E-state index in [0.29, 0.717) is 40.8 Å². The zero-order chi connectivity index (χ0) is 26.2. The van der Waals surface area contributed by atoms with Gasteiger partial charge in [0, 0.05) is 35.0 Å². The number of methoxy groups -OCH3 is 1. The van der Waals surface area contributed by atoms with Crippen molar-refractivity contribution in [3.8, 4) is 0 Å². The number of carbonyl (C=O) groups is 3. The molecule has 0 bridgehead atoms. The summed E-state index contributed by atoms with van der Waals surface area (Å²) in [6.07, 6.45) is 3.35. The number of piperidine rings is 1. The van der Waals surface area contributed by atoms with Crippen LogP contribution in [0.15, 0.2) is 60.8 Å². The molecule has 0 spiro atoms. The van der Waals surface area contributed by atoms with Crippen LogP contribution in [0.1, 0.15) is 44.8 Å². The van der Waals surface area contributed by atoms with Crippen molar-refractivity contribution in [3.05, 3.63) is 93.2 Å². The Morgan fingerprint density at radius 3 is 2.68 bits per heavy atom. The molecule has 5 rings (SSSR count). The number of ether oxygens (including phenoxy) is 1. The number of benzene rings is 2. The lowest BCUT2D eigenvalue weighted by Crippen LogP contribution is -2.52. The van der Waals surface area contributed by atoms with Crippen LogP contribution in [0.25, 0.3) is 0 Å². The number of pyridine rings is 1. The number of esters is 1. The van der Waals surface area contributed by atoms with Crippen molar-refractivity contribution in [2.45, 2.75) is 24.7 Å². The van der Waals surface area contributed by atoms with Crippen LogP contribution in [0.5, 0.6) is 0 Å². The van der Waals surface area contributed by atoms with Crippen molar-refractivity contribution in [1.29, 1.82) is 0 Å². The normalized spacial score (nSPS) is 20.8. The number of halogens is 2. The SMILES string of the molecule is COC(=O)c1ccc(C(=O)N2CCCC(C3(Cc4cccc(Cl)c4)C(=O)Nc4cc(Cl)ccc43)C2)cn1. The van der Waals surface area contributed by atoms with Gasteiger partial charge in [-0.15, -0.1) is 0 Å². The summed E-state index contributed by atoms with van der Waals surface area (Å²) in [6, 6.07) is 16.1. The van der Waals surface area contributed by atoms with Gasteiger partial charge in [-0.25, -0.2) is 9.78 Å². The fraction of sp³-hybridized carbons (Fsp3) is 0.286. The third-order valence-electron chi connectivity index (χ3n) is 7.30. The Labute approximate surface area is 224 Å². The van der Waals surface area contributed by atoms with Crippen LogP contribution in [0.3, 0.4) is 0 Å². The number of carbonyl (C=O) groups excluding carboxylic acids is 3. The Balaban J connectivity index is 1.49. The van der Waals surface area contributed by atoms with Crippen LogP contribution in [-0.2, 0) is 21.4 Å². The second-order valence-electron chi connectivity index (χ2n) is 9.44. The van der Waals surface area contributed by atoms with Crippen LogP contribution in [0.4, 0.5) is 5.69 Å². The highest BCUT2D eigenvalue weighted by molar-refractivity contribution is 6.31. The molecule has 1 aromatic heterocycles. The summed E-state index contributed by atoms with van der Waals surface area (Å²) in [6.45, 7) is 0.962. The monoisotopic (exact) mass is 537 g/mol. The minimum absolute atomic E-state index is 0.104. The molecule has 0 saturated carbocycles. The summed E-state index contributed by atoms with van der Waals surface area (Å²) in [4.78, 5) is 44.8. The van der Waals surface area contributed by atoms with Crippen molar-refractivity contribution in [3.63, 3.8) is 0 Å². The van der Waals surface area contributed by atoms with Gasteiger partial charge in [0.15, 0.2) is 0 Å². The number of likely N-dealkylation sites (tertiary alicyclic amines) is 1. The van der Waals surface area contributed by atoms with E-state index in [1.807, 2.05) is 24.3 Å². The summed E-state index contributed by atoms with van der Waals surface area (Å²) in [5.41, 5.74) is 2.14. The minimum Gasteiger partial charge on any atom is -0.464 e. The van der Waals surface area contributed by atoms with E-state index in [0.717, 1.165) is 24.0 Å². The van der Waals surface area contributed by atoms with Gasteiger partial charge in [-0.1, -0.05) is 41.4 Å². The van der Waals surface area contributed by atoms with Gasteiger partial charge in [-0.05, 0) is 72.7 Å². The van der Waals surface area contributed by atoms with Gasteiger partial charge >= 0.3 is 5.97 Å². The van der Waals surface area contributed by atoms with E-state index in [4.69, 9.17) is 23.2 Å². The van der Waals surface area contributed by atoms with E-state index in [-0.39, 0.29) is 23.4 Å². The molecule has 2 unspecified atom stereocenters. The van der Waals surface area contributed by atoms with Gasteiger partial charge in [-0.2, -0.15) is 0 Å². The molecular weight excluding hydrogens is 513 g/mol. The standard InChI is InChI=1S/C28H25Cl2N3O4/c1-37-26(35)23-10-7-18(15-31-23)25(34)33-11-3-5-19(16-33)28(14-17-4-2-6-20(29)12-17)22-9-8-21(30)13-24(22)32-27(28)36/h2,4,6-10,12-13,15,19H,3,5,11,14,16H2,1H3,(H,32,36). The van der Waals surface area contributed by atoms with Crippen LogP contribution >= 0.6 is 23.2 Å². The summed E-state index contributed by atoms with van der Waals surface area (Å²) in [5, 5.41) is 4.19. The Hall–Kier alpha value is -3.42. The van der Waals surface area contributed by atoms with E-state index in [1.54, 1.807) is 29.2 Å². The molecule has 1 saturated heterocycles. The number of hydrogen-bond donors (Lipinski definition) is 1. The topological polar surface area (TPSA) is 88.6 Å². The van der Waals surface area contributed by atoms with Crippen molar-refractivity contribution in [2.24, 2.45) is 5.92 Å². The second kappa shape index (κ2) is 10.1. The molecule has 37 heavy (non-hydrogen) atoms. The van der Waals surface area contributed by atoms with Gasteiger partial charge in [0.05, 0.1) is 18.1 Å². The number of amides is 2. The minimum atomic E-state index is -0.892.